The molecule has 0 saturated heterocycles. The fourth-order valence-electron chi connectivity index (χ4n) is 2.78. The van der Waals surface area contributed by atoms with Crippen LogP contribution in [0.15, 0.2) is 78.9 Å². The lowest BCUT2D eigenvalue weighted by Gasteiger charge is -2.13. The first-order chi connectivity index (χ1) is 14.5. The molecule has 0 atom stereocenters. The summed E-state index contributed by atoms with van der Waals surface area (Å²) in [5.41, 5.74) is 2.28. The van der Waals surface area contributed by atoms with E-state index >= 15 is 0 Å². The van der Waals surface area contributed by atoms with Crippen LogP contribution >= 0.6 is 12.2 Å². The average Bonchev–Trinajstić information content (AvgIpc) is 2.75. The number of carbonyl (C=O) groups is 2. The maximum absolute atomic E-state index is 13.0. The molecule has 3 N–H and O–H groups in total. The second kappa shape index (κ2) is 10.3. The molecule has 0 aliphatic heterocycles. The normalized spacial score (nSPS) is 10.2. The first-order valence-electron chi connectivity index (χ1n) is 9.32. The quantitative estimate of drug-likeness (QED) is 0.528. The minimum Gasteiger partial charge on any atom is -0.352 e. The Morgan fingerprint density at radius 1 is 0.833 bits per heavy atom. The second-order valence-corrected chi connectivity index (χ2v) is 6.86. The molecule has 0 spiro atoms. The van der Waals surface area contributed by atoms with Crippen molar-refractivity contribution >= 4 is 34.8 Å². The van der Waals surface area contributed by atoms with Crippen molar-refractivity contribution in [3.8, 4) is 0 Å². The highest BCUT2D eigenvalue weighted by Crippen LogP contribution is 2.15. The Morgan fingerprint density at radius 2 is 1.50 bits per heavy atom. The second-order valence-electron chi connectivity index (χ2n) is 6.45. The summed E-state index contributed by atoms with van der Waals surface area (Å²) < 4.78 is 13.0. The van der Waals surface area contributed by atoms with Gasteiger partial charge in [-0.05, 0) is 60.6 Å². The Labute approximate surface area is 179 Å². The Kier molecular flexibility index (Phi) is 7.24. The number of nitrogens with one attached hydrogen (secondary N) is 3. The molecule has 3 rings (SSSR count). The number of carbonyl (C=O) groups excluding carboxylic acids is 2. The van der Waals surface area contributed by atoms with Crippen LogP contribution in [0.5, 0.6) is 0 Å². The Bertz CT molecular complexity index is 1040. The lowest BCUT2D eigenvalue weighted by molar-refractivity contribution is 0.0953. The number of anilines is 1. The minimum absolute atomic E-state index is 0.0360. The van der Waals surface area contributed by atoms with Crippen molar-refractivity contribution in [3.05, 3.63) is 101 Å². The van der Waals surface area contributed by atoms with Crippen LogP contribution in [0.2, 0.25) is 0 Å². The number of amides is 2. The molecule has 0 radical (unpaired) electrons. The molecule has 30 heavy (non-hydrogen) atoms. The van der Waals surface area contributed by atoms with Gasteiger partial charge >= 0.3 is 0 Å². The molecular weight excluding hydrogens is 401 g/mol. The van der Waals surface area contributed by atoms with E-state index in [1.807, 2.05) is 30.3 Å². The van der Waals surface area contributed by atoms with Gasteiger partial charge in [0.25, 0.3) is 11.8 Å². The third-order valence-corrected chi connectivity index (χ3v) is 4.50. The number of para-hydroxylation sites is 1. The van der Waals surface area contributed by atoms with Crippen molar-refractivity contribution in [2.24, 2.45) is 0 Å². The third-order valence-electron chi connectivity index (χ3n) is 4.30. The number of hydrogen-bond acceptors (Lipinski definition) is 3. The van der Waals surface area contributed by atoms with E-state index in [4.69, 9.17) is 12.2 Å². The van der Waals surface area contributed by atoms with Gasteiger partial charge in [0.05, 0.1) is 11.3 Å². The molecule has 0 saturated carbocycles. The van der Waals surface area contributed by atoms with E-state index in [1.54, 1.807) is 24.3 Å². The first-order valence-corrected chi connectivity index (χ1v) is 9.73. The lowest BCUT2D eigenvalue weighted by Crippen LogP contribution is -2.35. The summed E-state index contributed by atoms with van der Waals surface area (Å²) in [5, 5.41) is 8.32. The van der Waals surface area contributed by atoms with Gasteiger partial charge in [0.1, 0.15) is 5.82 Å². The van der Waals surface area contributed by atoms with E-state index in [0.29, 0.717) is 24.2 Å². The number of hydrogen-bond donors (Lipinski definition) is 3. The molecule has 0 heterocycles. The van der Waals surface area contributed by atoms with E-state index in [2.05, 4.69) is 16.0 Å². The third kappa shape index (κ3) is 5.96. The topological polar surface area (TPSA) is 70.2 Å². The van der Waals surface area contributed by atoms with Crippen LogP contribution in [0.1, 0.15) is 26.3 Å². The van der Waals surface area contributed by atoms with Crippen LogP contribution in [0, 0.1) is 5.82 Å². The molecule has 3 aromatic carbocycles. The summed E-state index contributed by atoms with van der Waals surface area (Å²) in [5.74, 6) is -1.15. The molecule has 7 heteroatoms. The molecule has 0 fully saturated rings. The van der Waals surface area contributed by atoms with Gasteiger partial charge in [0.15, 0.2) is 5.11 Å². The molecule has 2 amide bonds. The minimum atomic E-state index is -0.475. The SMILES string of the molecule is O=C(NC(=S)Nc1ccccc1C(=O)NCCc1ccccc1)c1ccc(F)cc1. The molecular formula is C23H20FN3O2S. The van der Waals surface area contributed by atoms with Crippen molar-refractivity contribution in [1.82, 2.24) is 10.6 Å². The highest BCUT2D eigenvalue weighted by molar-refractivity contribution is 7.80. The van der Waals surface area contributed by atoms with Crippen LogP contribution in [0.25, 0.3) is 0 Å². The first kappa shape index (κ1) is 21.1. The van der Waals surface area contributed by atoms with E-state index in [1.165, 1.54) is 24.3 Å². The molecule has 0 unspecified atom stereocenters. The Hall–Kier alpha value is -3.58. The zero-order chi connectivity index (χ0) is 21.3. The highest BCUT2D eigenvalue weighted by atomic mass is 32.1. The van der Waals surface area contributed by atoms with E-state index in [9.17, 15) is 14.0 Å². The smallest absolute Gasteiger partial charge is 0.257 e. The standard InChI is InChI=1S/C23H20FN3O2S/c24-18-12-10-17(11-13-18)21(28)27-23(30)26-20-9-5-4-8-19(20)22(29)25-15-14-16-6-2-1-3-7-16/h1-13H,14-15H2,(H,25,29)(H2,26,27,28,30). The van der Waals surface area contributed by atoms with Crippen LogP contribution in [0.4, 0.5) is 10.1 Å². The molecule has 0 aliphatic rings. The van der Waals surface area contributed by atoms with Crippen molar-refractivity contribution in [3.63, 3.8) is 0 Å². The van der Waals surface area contributed by atoms with E-state index in [-0.39, 0.29) is 16.6 Å². The maximum atomic E-state index is 13.0. The summed E-state index contributed by atoms with van der Waals surface area (Å²) in [4.78, 5) is 24.8. The van der Waals surface area contributed by atoms with Crippen LogP contribution < -0.4 is 16.0 Å². The molecule has 0 bridgehead atoms. The Morgan fingerprint density at radius 3 is 2.23 bits per heavy atom. The van der Waals surface area contributed by atoms with Crippen molar-refractivity contribution in [1.29, 1.82) is 0 Å². The Balaban J connectivity index is 1.58. The number of halogens is 1. The van der Waals surface area contributed by atoms with E-state index < -0.39 is 11.7 Å². The van der Waals surface area contributed by atoms with Gasteiger partial charge < -0.3 is 10.6 Å². The molecule has 0 aromatic heterocycles. The van der Waals surface area contributed by atoms with Gasteiger partial charge in [-0.15, -0.1) is 0 Å². The average molecular weight is 421 g/mol. The fourth-order valence-corrected chi connectivity index (χ4v) is 2.98. The zero-order valence-corrected chi connectivity index (χ0v) is 16.8. The summed E-state index contributed by atoms with van der Waals surface area (Å²) >= 11 is 5.19. The zero-order valence-electron chi connectivity index (χ0n) is 16.0. The number of benzene rings is 3. The fraction of sp³-hybridized carbons (Fsp3) is 0.0870. The van der Waals surface area contributed by atoms with Gasteiger partial charge in [-0.1, -0.05) is 42.5 Å². The molecule has 5 nitrogen and oxygen atoms in total. The molecule has 3 aromatic rings. The van der Waals surface area contributed by atoms with Gasteiger partial charge in [0, 0.05) is 12.1 Å². The summed E-state index contributed by atoms with van der Waals surface area (Å²) in [7, 11) is 0. The number of thiocarbonyl (C=S) groups is 1. The van der Waals surface area contributed by atoms with Crippen LogP contribution in [0.3, 0.4) is 0 Å². The molecule has 152 valence electrons. The van der Waals surface area contributed by atoms with Gasteiger partial charge in [-0.25, -0.2) is 4.39 Å². The number of rotatable bonds is 6. The largest absolute Gasteiger partial charge is 0.352 e. The van der Waals surface area contributed by atoms with Crippen LogP contribution in [-0.2, 0) is 6.42 Å². The predicted octanol–water partition coefficient (Wildman–Crippen LogP) is 3.93. The predicted molar refractivity (Wildman–Crippen MR) is 119 cm³/mol. The van der Waals surface area contributed by atoms with Crippen LogP contribution in [-0.4, -0.2) is 23.5 Å². The van der Waals surface area contributed by atoms with Crippen molar-refractivity contribution in [2.75, 3.05) is 11.9 Å². The van der Waals surface area contributed by atoms with Crippen molar-refractivity contribution < 1.29 is 14.0 Å². The lowest BCUT2D eigenvalue weighted by atomic mass is 10.1. The summed E-state index contributed by atoms with van der Waals surface area (Å²) in [6.07, 6.45) is 0.717. The monoisotopic (exact) mass is 421 g/mol. The van der Waals surface area contributed by atoms with Gasteiger partial charge in [-0.3, -0.25) is 14.9 Å². The highest BCUT2D eigenvalue weighted by Gasteiger charge is 2.13. The maximum Gasteiger partial charge on any atom is 0.257 e. The summed E-state index contributed by atoms with van der Waals surface area (Å²) in [6, 6.07) is 21.9. The van der Waals surface area contributed by atoms with E-state index in [0.717, 1.165) is 5.56 Å². The summed E-state index contributed by atoms with van der Waals surface area (Å²) in [6.45, 7) is 0.489. The van der Waals surface area contributed by atoms with Gasteiger partial charge in [0.2, 0.25) is 0 Å². The molecule has 0 aliphatic carbocycles. The van der Waals surface area contributed by atoms with Gasteiger partial charge in [-0.2, -0.15) is 0 Å². The van der Waals surface area contributed by atoms with Crippen molar-refractivity contribution in [2.45, 2.75) is 6.42 Å².